The Hall–Kier alpha value is -2.01. The molecule has 3 rings (SSSR count). The van der Waals surface area contributed by atoms with Crippen molar-refractivity contribution in [2.75, 3.05) is 33.5 Å². The highest BCUT2D eigenvalue weighted by atomic mass is 16.6. The Morgan fingerprint density at radius 2 is 1.96 bits per heavy atom. The molecule has 5 nitrogen and oxygen atoms in total. The number of rotatable bonds is 4. The summed E-state index contributed by atoms with van der Waals surface area (Å²) in [6.45, 7) is 6.42. The zero-order chi connectivity index (χ0) is 18.6. The van der Waals surface area contributed by atoms with Crippen molar-refractivity contribution in [3.05, 3.63) is 41.5 Å². The molecule has 1 amide bonds. The van der Waals surface area contributed by atoms with Crippen molar-refractivity contribution in [2.45, 2.75) is 44.6 Å². The van der Waals surface area contributed by atoms with Gasteiger partial charge in [0.15, 0.2) is 0 Å². The minimum Gasteiger partial charge on any atom is -0.497 e. The molecule has 2 aliphatic heterocycles. The predicted octanol–water partition coefficient (Wildman–Crippen LogP) is 3.92. The van der Waals surface area contributed by atoms with E-state index in [2.05, 4.69) is 25.1 Å². The van der Waals surface area contributed by atoms with Gasteiger partial charge in [0.2, 0.25) is 0 Å². The number of carbonyl (C=O) groups excluding carboxylic acids is 1. The maximum Gasteiger partial charge on any atom is 0.410 e. The molecule has 26 heavy (non-hydrogen) atoms. The van der Waals surface area contributed by atoms with E-state index in [9.17, 15) is 4.79 Å². The largest absolute Gasteiger partial charge is 0.497 e. The summed E-state index contributed by atoms with van der Waals surface area (Å²) < 4.78 is 16.4. The lowest BCUT2D eigenvalue weighted by Crippen LogP contribution is -2.56. The lowest BCUT2D eigenvalue weighted by Gasteiger charge is -2.49. The summed E-state index contributed by atoms with van der Waals surface area (Å²) in [4.78, 5) is 14.6. The molecule has 0 saturated carbocycles. The van der Waals surface area contributed by atoms with E-state index in [1.807, 2.05) is 24.0 Å². The number of hydrogen-bond donors (Lipinski definition) is 0. The van der Waals surface area contributed by atoms with Crippen LogP contribution >= 0.6 is 0 Å². The second kappa shape index (κ2) is 8.12. The van der Waals surface area contributed by atoms with Gasteiger partial charge in [-0.3, -0.25) is 0 Å². The molecule has 2 heterocycles. The number of hydrogen-bond acceptors (Lipinski definition) is 4. The van der Waals surface area contributed by atoms with Crippen LogP contribution in [0.25, 0.3) is 0 Å². The third kappa shape index (κ3) is 3.58. The zero-order valence-corrected chi connectivity index (χ0v) is 16.0. The SMILES string of the molecule is CCOC(=O)N1CC=C(C)CC1C1(c2ccc(OC)cc2)CCOCC1. The van der Waals surface area contributed by atoms with Gasteiger partial charge in [-0.2, -0.15) is 0 Å². The topological polar surface area (TPSA) is 48.0 Å². The lowest BCUT2D eigenvalue weighted by atomic mass is 9.66. The van der Waals surface area contributed by atoms with Crippen molar-refractivity contribution in [1.82, 2.24) is 4.90 Å². The van der Waals surface area contributed by atoms with Crippen LogP contribution in [-0.2, 0) is 14.9 Å². The van der Waals surface area contributed by atoms with Crippen molar-refractivity contribution in [3.8, 4) is 5.75 Å². The van der Waals surface area contributed by atoms with Crippen molar-refractivity contribution in [3.63, 3.8) is 0 Å². The molecule has 2 aliphatic rings. The molecule has 1 saturated heterocycles. The van der Waals surface area contributed by atoms with Crippen molar-refractivity contribution in [2.24, 2.45) is 0 Å². The lowest BCUT2D eigenvalue weighted by molar-refractivity contribution is 0.00195. The first-order valence-corrected chi connectivity index (χ1v) is 9.42. The van der Waals surface area contributed by atoms with Gasteiger partial charge in [-0.15, -0.1) is 0 Å². The highest BCUT2D eigenvalue weighted by Crippen LogP contribution is 2.44. The summed E-state index contributed by atoms with van der Waals surface area (Å²) in [5.74, 6) is 0.845. The van der Waals surface area contributed by atoms with Gasteiger partial charge in [0.25, 0.3) is 0 Å². The van der Waals surface area contributed by atoms with Gasteiger partial charge in [-0.05, 0) is 50.8 Å². The van der Waals surface area contributed by atoms with Gasteiger partial charge in [-0.1, -0.05) is 23.8 Å². The molecule has 1 aromatic carbocycles. The number of benzene rings is 1. The van der Waals surface area contributed by atoms with Crippen LogP contribution in [0.15, 0.2) is 35.9 Å². The molecule has 1 aromatic rings. The minimum atomic E-state index is -0.222. The molecule has 0 bridgehead atoms. The Labute approximate surface area is 155 Å². The van der Waals surface area contributed by atoms with Crippen LogP contribution in [-0.4, -0.2) is 50.5 Å². The molecule has 1 fully saturated rings. The summed E-state index contributed by atoms with van der Waals surface area (Å²) in [5.41, 5.74) is 2.44. The van der Waals surface area contributed by atoms with Crippen molar-refractivity contribution < 1.29 is 19.0 Å². The first kappa shape index (κ1) is 18.8. The average molecular weight is 359 g/mol. The van der Waals surface area contributed by atoms with Gasteiger partial charge in [-0.25, -0.2) is 4.79 Å². The van der Waals surface area contributed by atoms with Gasteiger partial charge in [0.05, 0.1) is 13.7 Å². The van der Waals surface area contributed by atoms with Crippen molar-refractivity contribution >= 4 is 6.09 Å². The summed E-state index contributed by atoms with van der Waals surface area (Å²) in [6, 6.07) is 8.37. The second-order valence-corrected chi connectivity index (χ2v) is 7.12. The fourth-order valence-electron chi connectivity index (χ4n) is 4.25. The van der Waals surface area contributed by atoms with E-state index in [-0.39, 0.29) is 17.6 Å². The molecule has 0 radical (unpaired) electrons. The Bertz CT molecular complexity index is 646. The van der Waals surface area contributed by atoms with Crippen LogP contribution < -0.4 is 4.74 Å². The molecular formula is C21H29NO4. The van der Waals surface area contributed by atoms with E-state index >= 15 is 0 Å². The van der Waals surface area contributed by atoms with Crippen molar-refractivity contribution in [1.29, 1.82) is 0 Å². The highest BCUT2D eigenvalue weighted by molar-refractivity contribution is 5.69. The highest BCUT2D eigenvalue weighted by Gasteiger charge is 2.47. The number of nitrogens with zero attached hydrogens (tertiary/aromatic N) is 1. The van der Waals surface area contributed by atoms with Crippen LogP contribution in [0, 0.1) is 0 Å². The van der Waals surface area contributed by atoms with Gasteiger partial charge < -0.3 is 19.1 Å². The number of methoxy groups -OCH3 is 1. The van der Waals surface area contributed by atoms with Crippen LogP contribution in [0.1, 0.15) is 38.7 Å². The summed E-state index contributed by atoms with van der Waals surface area (Å²) in [5, 5.41) is 0. The second-order valence-electron chi connectivity index (χ2n) is 7.12. The van der Waals surface area contributed by atoms with E-state index in [1.54, 1.807) is 7.11 Å². The molecule has 0 spiro atoms. The Morgan fingerprint density at radius 1 is 1.27 bits per heavy atom. The van der Waals surface area contributed by atoms with E-state index in [0.717, 1.165) is 25.0 Å². The Morgan fingerprint density at radius 3 is 2.58 bits per heavy atom. The summed E-state index contributed by atoms with van der Waals surface area (Å²) >= 11 is 0. The summed E-state index contributed by atoms with van der Waals surface area (Å²) in [7, 11) is 1.68. The predicted molar refractivity (Wildman–Crippen MR) is 101 cm³/mol. The van der Waals surface area contributed by atoms with Crippen LogP contribution in [0.5, 0.6) is 5.75 Å². The maximum absolute atomic E-state index is 12.7. The Kier molecular flexibility index (Phi) is 5.87. The average Bonchev–Trinajstić information content (AvgIpc) is 2.68. The first-order chi connectivity index (χ1) is 12.6. The van der Waals surface area contributed by atoms with Crippen LogP contribution in [0.4, 0.5) is 4.79 Å². The van der Waals surface area contributed by atoms with Gasteiger partial charge in [0, 0.05) is 31.2 Å². The van der Waals surface area contributed by atoms with E-state index in [1.165, 1.54) is 11.1 Å². The molecule has 0 N–H and O–H groups in total. The molecule has 142 valence electrons. The third-order valence-electron chi connectivity index (χ3n) is 5.72. The van der Waals surface area contributed by atoms with E-state index in [4.69, 9.17) is 14.2 Å². The normalized spacial score (nSPS) is 22.5. The molecule has 1 unspecified atom stereocenters. The van der Waals surface area contributed by atoms with Crippen LogP contribution in [0.2, 0.25) is 0 Å². The number of amides is 1. The summed E-state index contributed by atoms with van der Waals surface area (Å²) in [6.07, 6.45) is 4.57. The zero-order valence-electron chi connectivity index (χ0n) is 16.0. The van der Waals surface area contributed by atoms with Gasteiger partial charge >= 0.3 is 6.09 Å². The third-order valence-corrected chi connectivity index (χ3v) is 5.72. The van der Waals surface area contributed by atoms with E-state index in [0.29, 0.717) is 26.4 Å². The van der Waals surface area contributed by atoms with Crippen LogP contribution in [0.3, 0.4) is 0 Å². The monoisotopic (exact) mass is 359 g/mol. The molecule has 5 heteroatoms. The smallest absolute Gasteiger partial charge is 0.410 e. The first-order valence-electron chi connectivity index (χ1n) is 9.42. The van der Waals surface area contributed by atoms with Gasteiger partial charge in [0.1, 0.15) is 5.75 Å². The fraction of sp³-hybridized carbons (Fsp3) is 0.571. The van der Waals surface area contributed by atoms with E-state index < -0.39 is 0 Å². The fourth-order valence-corrected chi connectivity index (χ4v) is 4.25. The number of carbonyl (C=O) groups is 1. The molecular weight excluding hydrogens is 330 g/mol. The Balaban J connectivity index is 2.01. The molecule has 1 atom stereocenters. The molecule has 0 aromatic heterocycles. The number of ether oxygens (including phenoxy) is 3. The standard InChI is InChI=1S/C21H29NO4/c1-4-26-20(23)22-12-9-16(2)15-19(22)21(10-13-25-14-11-21)17-5-7-18(24-3)8-6-17/h5-9,19H,4,10-15H2,1-3H3. The minimum absolute atomic E-state index is 0.0730. The molecule has 0 aliphatic carbocycles. The quantitative estimate of drug-likeness (QED) is 0.765. The maximum atomic E-state index is 12.7.